The summed E-state index contributed by atoms with van der Waals surface area (Å²) in [5.41, 5.74) is 1.18. The van der Waals surface area contributed by atoms with Gasteiger partial charge in [0.25, 0.3) is 0 Å². The van der Waals surface area contributed by atoms with E-state index in [-0.39, 0.29) is 24.0 Å². The third kappa shape index (κ3) is 4.87. The van der Waals surface area contributed by atoms with Gasteiger partial charge >= 0.3 is 0 Å². The quantitative estimate of drug-likeness (QED) is 0.399. The lowest BCUT2D eigenvalue weighted by molar-refractivity contribution is 0.412. The van der Waals surface area contributed by atoms with Crippen LogP contribution in [0.25, 0.3) is 0 Å². The van der Waals surface area contributed by atoms with Crippen molar-refractivity contribution in [1.29, 1.82) is 0 Å². The van der Waals surface area contributed by atoms with Crippen molar-refractivity contribution >= 4 is 29.9 Å². The van der Waals surface area contributed by atoms with Crippen molar-refractivity contribution in [3.63, 3.8) is 0 Å². The van der Waals surface area contributed by atoms with Crippen LogP contribution in [-0.2, 0) is 26.1 Å². The fourth-order valence-electron chi connectivity index (χ4n) is 3.06. The standard InChI is InChI=1S/C18H26N6O.HI/c1-4-19-18(20-12-17-22-21-16-9-6-10-24(16)17)23(2)13-14-7-5-8-15(11-14)25-3;/h5,7-8,11H,4,6,9-10,12-13H2,1-3H3,(H,19,20);1H. The molecule has 8 heteroatoms. The Morgan fingerprint density at radius 3 is 3.00 bits per heavy atom. The van der Waals surface area contributed by atoms with Gasteiger partial charge in [0, 0.05) is 33.1 Å². The Morgan fingerprint density at radius 2 is 2.23 bits per heavy atom. The predicted molar refractivity (Wildman–Crippen MR) is 113 cm³/mol. The van der Waals surface area contributed by atoms with Gasteiger partial charge < -0.3 is 19.5 Å². The highest BCUT2D eigenvalue weighted by Gasteiger charge is 2.17. The molecule has 7 nitrogen and oxygen atoms in total. The lowest BCUT2D eigenvalue weighted by Gasteiger charge is -2.22. The molecule has 26 heavy (non-hydrogen) atoms. The number of aromatic nitrogens is 3. The third-order valence-corrected chi connectivity index (χ3v) is 4.31. The number of halogens is 1. The van der Waals surface area contributed by atoms with Crippen molar-refractivity contribution in [3.8, 4) is 5.75 Å². The number of methoxy groups -OCH3 is 1. The van der Waals surface area contributed by atoms with E-state index in [4.69, 9.17) is 9.73 Å². The molecule has 0 atom stereocenters. The Labute approximate surface area is 171 Å². The molecule has 0 saturated carbocycles. The SMILES string of the molecule is CCNC(=NCc1nnc2n1CCC2)N(C)Cc1cccc(OC)c1.I. The summed E-state index contributed by atoms with van der Waals surface area (Å²) in [5.74, 6) is 3.75. The first-order chi connectivity index (χ1) is 12.2. The van der Waals surface area contributed by atoms with Crippen LogP contribution in [0, 0.1) is 0 Å². The van der Waals surface area contributed by atoms with Crippen molar-refractivity contribution in [1.82, 2.24) is 25.0 Å². The van der Waals surface area contributed by atoms with E-state index in [0.29, 0.717) is 6.54 Å². The first-order valence-corrected chi connectivity index (χ1v) is 8.74. The molecule has 0 spiro atoms. The maximum absolute atomic E-state index is 5.30. The molecular weight excluding hydrogens is 443 g/mol. The molecule has 142 valence electrons. The number of guanidine groups is 1. The molecule has 3 rings (SSSR count). The zero-order chi connectivity index (χ0) is 17.6. The molecule has 1 aliphatic rings. The van der Waals surface area contributed by atoms with Crippen molar-refractivity contribution in [3.05, 3.63) is 41.5 Å². The topological polar surface area (TPSA) is 67.6 Å². The average Bonchev–Trinajstić information content (AvgIpc) is 3.23. The van der Waals surface area contributed by atoms with Gasteiger partial charge in [-0.25, -0.2) is 4.99 Å². The van der Waals surface area contributed by atoms with Crippen LogP contribution in [0.3, 0.4) is 0 Å². The monoisotopic (exact) mass is 470 g/mol. The molecule has 0 amide bonds. The van der Waals surface area contributed by atoms with E-state index in [9.17, 15) is 0 Å². The largest absolute Gasteiger partial charge is 0.497 e. The molecule has 0 bridgehead atoms. The molecule has 0 fully saturated rings. The molecular formula is C18H27IN6O. The van der Waals surface area contributed by atoms with Crippen LogP contribution in [0.2, 0.25) is 0 Å². The predicted octanol–water partition coefficient (Wildman–Crippen LogP) is 2.45. The minimum Gasteiger partial charge on any atom is -0.497 e. The zero-order valence-electron chi connectivity index (χ0n) is 15.6. The molecule has 0 aliphatic carbocycles. The van der Waals surface area contributed by atoms with E-state index in [0.717, 1.165) is 55.8 Å². The summed E-state index contributed by atoms with van der Waals surface area (Å²) < 4.78 is 7.49. The van der Waals surface area contributed by atoms with Gasteiger partial charge in [0.05, 0.1) is 7.11 Å². The maximum Gasteiger partial charge on any atom is 0.194 e. The molecule has 0 unspecified atom stereocenters. The van der Waals surface area contributed by atoms with E-state index in [1.165, 1.54) is 5.56 Å². The molecule has 2 heterocycles. The van der Waals surface area contributed by atoms with E-state index >= 15 is 0 Å². The fourth-order valence-corrected chi connectivity index (χ4v) is 3.06. The number of rotatable bonds is 6. The van der Waals surface area contributed by atoms with Gasteiger partial charge in [-0.1, -0.05) is 12.1 Å². The van der Waals surface area contributed by atoms with Crippen LogP contribution in [0.4, 0.5) is 0 Å². The number of ether oxygens (including phenoxy) is 1. The van der Waals surface area contributed by atoms with Crippen LogP contribution in [0.1, 0.15) is 30.6 Å². The highest BCUT2D eigenvalue weighted by molar-refractivity contribution is 14.0. The second-order valence-corrected chi connectivity index (χ2v) is 6.17. The fraction of sp³-hybridized carbons (Fsp3) is 0.500. The van der Waals surface area contributed by atoms with Crippen LogP contribution in [0.5, 0.6) is 5.75 Å². The van der Waals surface area contributed by atoms with Crippen molar-refractivity contribution in [2.24, 2.45) is 4.99 Å². The minimum absolute atomic E-state index is 0. The van der Waals surface area contributed by atoms with E-state index < -0.39 is 0 Å². The van der Waals surface area contributed by atoms with Crippen molar-refractivity contribution < 1.29 is 4.74 Å². The van der Waals surface area contributed by atoms with Crippen LogP contribution < -0.4 is 10.1 Å². The maximum atomic E-state index is 5.30. The number of nitrogens with one attached hydrogen (secondary N) is 1. The van der Waals surface area contributed by atoms with Gasteiger partial charge in [-0.05, 0) is 31.0 Å². The summed E-state index contributed by atoms with van der Waals surface area (Å²) in [6.07, 6.45) is 2.17. The molecule has 1 aromatic heterocycles. The van der Waals surface area contributed by atoms with Gasteiger partial charge in [0.1, 0.15) is 18.1 Å². The molecule has 1 N–H and O–H groups in total. The van der Waals surface area contributed by atoms with Crippen LogP contribution in [-0.4, -0.2) is 46.3 Å². The molecule has 2 aromatic rings. The number of aliphatic imine (C=N–C) groups is 1. The first kappa shape index (κ1) is 20.5. The van der Waals surface area contributed by atoms with Gasteiger partial charge in [-0.15, -0.1) is 34.2 Å². The van der Waals surface area contributed by atoms with Crippen molar-refractivity contribution in [2.75, 3.05) is 20.7 Å². The summed E-state index contributed by atoms with van der Waals surface area (Å²) in [5, 5.41) is 11.9. The summed E-state index contributed by atoms with van der Waals surface area (Å²) in [6, 6.07) is 8.10. The van der Waals surface area contributed by atoms with Gasteiger partial charge in [-0.3, -0.25) is 0 Å². The number of nitrogens with zero attached hydrogens (tertiary/aromatic N) is 5. The van der Waals surface area contributed by atoms with E-state index in [1.54, 1.807) is 7.11 Å². The Kier molecular flexibility index (Phi) is 7.67. The summed E-state index contributed by atoms with van der Waals surface area (Å²) in [4.78, 5) is 6.86. The number of hydrogen-bond donors (Lipinski definition) is 1. The smallest absolute Gasteiger partial charge is 0.194 e. The minimum atomic E-state index is 0. The second-order valence-electron chi connectivity index (χ2n) is 6.17. The summed E-state index contributed by atoms with van der Waals surface area (Å²) in [7, 11) is 3.72. The van der Waals surface area contributed by atoms with Crippen LogP contribution in [0.15, 0.2) is 29.3 Å². The highest BCUT2D eigenvalue weighted by Crippen LogP contribution is 2.15. The van der Waals surface area contributed by atoms with Gasteiger partial charge in [0.15, 0.2) is 11.8 Å². The molecule has 0 radical (unpaired) electrons. The summed E-state index contributed by atoms with van der Waals surface area (Å²) in [6.45, 7) is 5.19. The number of hydrogen-bond acceptors (Lipinski definition) is 4. The third-order valence-electron chi connectivity index (χ3n) is 4.31. The van der Waals surface area contributed by atoms with Gasteiger partial charge in [-0.2, -0.15) is 0 Å². The van der Waals surface area contributed by atoms with Gasteiger partial charge in [0.2, 0.25) is 0 Å². The summed E-state index contributed by atoms with van der Waals surface area (Å²) >= 11 is 0. The molecule has 0 saturated heterocycles. The Bertz CT molecular complexity index is 745. The lowest BCUT2D eigenvalue weighted by Crippen LogP contribution is -2.38. The second kappa shape index (κ2) is 9.75. The lowest BCUT2D eigenvalue weighted by atomic mass is 10.2. The molecule has 1 aliphatic heterocycles. The Hall–Kier alpha value is -1.84. The first-order valence-electron chi connectivity index (χ1n) is 8.74. The Morgan fingerprint density at radius 1 is 1.38 bits per heavy atom. The highest BCUT2D eigenvalue weighted by atomic mass is 127. The van der Waals surface area contributed by atoms with E-state index in [1.807, 2.05) is 25.2 Å². The van der Waals surface area contributed by atoms with Crippen molar-refractivity contribution in [2.45, 2.75) is 39.4 Å². The van der Waals surface area contributed by atoms with Crippen LogP contribution >= 0.6 is 24.0 Å². The zero-order valence-corrected chi connectivity index (χ0v) is 17.9. The Balaban J connectivity index is 0.00000243. The molecule has 1 aromatic carbocycles. The number of fused-ring (bicyclic) bond motifs is 1. The number of benzene rings is 1. The average molecular weight is 470 g/mol. The van der Waals surface area contributed by atoms with E-state index in [2.05, 4.69) is 38.0 Å². The number of aryl methyl sites for hydroxylation is 1. The normalized spacial score (nSPS) is 13.1.